The maximum absolute atomic E-state index is 13.3. The minimum absolute atomic E-state index is 0.208. The van der Waals surface area contributed by atoms with Crippen molar-refractivity contribution in [2.24, 2.45) is 10.8 Å². The quantitative estimate of drug-likeness (QED) is 0.455. The Morgan fingerprint density at radius 3 is 2.64 bits per heavy atom. The topological polar surface area (TPSA) is 109 Å². The Balaban J connectivity index is 2.12. The van der Waals surface area contributed by atoms with Gasteiger partial charge in [0.15, 0.2) is 18.1 Å². The number of primary amides is 1. The van der Waals surface area contributed by atoms with Gasteiger partial charge in [0.1, 0.15) is 5.82 Å². The van der Waals surface area contributed by atoms with E-state index in [-0.39, 0.29) is 22.9 Å². The highest BCUT2D eigenvalue weighted by atomic mass is 79.9. The van der Waals surface area contributed by atoms with Crippen LogP contribution in [0.3, 0.4) is 0 Å². The highest BCUT2D eigenvalue weighted by Crippen LogP contribution is 2.36. The summed E-state index contributed by atoms with van der Waals surface area (Å²) in [5.74, 6) is 0.413. The first-order valence-corrected chi connectivity index (χ1v) is 11.3. The molecule has 0 aliphatic heterocycles. The number of halogens is 2. The molecule has 0 saturated heterocycles. The number of hydrogen-bond donors (Lipinski definition) is 1. The SMILES string of the molecule is CCOc1cc(C=Nn2c(C(C)(C)C)nc3ccc(Br)cc3c2=O)cc(Cl)c1OCC(N)=O. The van der Waals surface area contributed by atoms with Crippen LogP contribution in [0.5, 0.6) is 11.5 Å². The highest BCUT2D eigenvalue weighted by Gasteiger charge is 2.23. The Morgan fingerprint density at radius 2 is 2.00 bits per heavy atom. The maximum atomic E-state index is 13.3. The van der Waals surface area contributed by atoms with Gasteiger partial charge >= 0.3 is 0 Å². The van der Waals surface area contributed by atoms with E-state index >= 15 is 0 Å². The number of nitrogens with two attached hydrogens (primary N) is 1. The molecule has 2 N–H and O–H groups in total. The van der Waals surface area contributed by atoms with Crippen molar-refractivity contribution in [3.63, 3.8) is 0 Å². The minimum Gasteiger partial charge on any atom is -0.490 e. The molecule has 3 rings (SSSR count). The standard InChI is InChI=1S/C23H24BrClN4O4/c1-5-32-18-9-13(8-16(25)20(18)33-12-19(26)30)11-27-29-21(31)15-10-14(24)6-7-17(15)28-22(29)23(2,3)4/h6-11H,5,12H2,1-4H3,(H2,26,30). The molecule has 0 fully saturated rings. The van der Waals surface area contributed by atoms with Gasteiger partial charge < -0.3 is 15.2 Å². The van der Waals surface area contributed by atoms with Gasteiger partial charge in [0.25, 0.3) is 11.5 Å². The molecule has 3 aromatic rings. The van der Waals surface area contributed by atoms with Crippen molar-refractivity contribution in [1.82, 2.24) is 9.66 Å². The lowest BCUT2D eigenvalue weighted by Crippen LogP contribution is -2.29. The summed E-state index contributed by atoms with van der Waals surface area (Å²) in [6, 6.07) is 8.61. The zero-order valence-corrected chi connectivity index (χ0v) is 21.0. The van der Waals surface area contributed by atoms with Crippen molar-refractivity contribution in [3.8, 4) is 11.5 Å². The van der Waals surface area contributed by atoms with Gasteiger partial charge in [-0.15, -0.1) is 0 Å². The van der Waals surface area contributed by atoms with Gasteiger partial charge in [0.05, 0.1) is 28.7 Å². The van der Waals surface area contributed by atoms with Crippen LogP contribution in [0.2, 0.25) is 5.02 Å². The fraction of sp³-hybridized carbons (Fsp3) is 0.304. The van der Waals surface area contributed by atoms with Crippen LogP contribution in [0.15, 0.2) is 44.7 Å². The molecule has 0 radical (unpaired) electrons. The summed E-state index contributed by atoms with van der Waals surface area (Å²) >= 11 is 9.76. The van der Waals surface area contributed by atoms with Crippen molar-refractivity contribution < 1.29 is 14.3 Å². The van der Waals surface area contributed by atoms with Crippen LogP contribution in [0, 0.1) is 0 Å². The number of carbonyl (C=O) groups is 1. The first-order valence-electron chi connectivity index (χ1n) is 10.2. The van der Waals surface area contributed by atoms with Gasteiger partial charge in [-0.2, -0.15) is 9.78 Å². The van der Waals surface area contributed by atoms with Gasteiger partial charge in [-0.3, -0.25) is 9.59 Å². The largest absolute Gasteiger partial charge is 0.490 e. The van der Waals surface area contributed by atoms with Gasteiger partial charge in [-0.05, 0) is 42.8 Å². The average Bonchev–Trinajstić information content (AvgIpc) is 2.72. The summed E-state index contributed by atoms with van der Waals surface area (Å²) in [5, 5.41) is 5.10. The lowest BCUT2D eigenvalue weighted by Gasteiger charge is -2.21. The van der Waals surface area contributed by atoms with Crippen LogP contribution in [0.4, 0.5) is 0 Å². The number of amides is 1. The number of nitrogens with zero attached hydrogens (tertiary/aromatic N) is 3. The molecule has 0 unspecified atom stereocenters. The minimum atomic E-state index is -0.635. The fourth-order valence-electron chi connectivity index (χ4n) is 3.07. The molecule has 10 heteroatoms. The van der Waals surface area contributed by atoms with Crippen LogP contribution in [-0.4, -0.2) is 35.0 Å². The third kappa shape index (κ3) is 5.72. The summed E-state index contributed by atoms with van der Waals surface area (Å²) in [6.45, 7) is 7.69. The molecule has 0 aliphatic carbocycles. The normalized spacial score (nSPS) is 11.8. The second-order valence-corrected chi connectivity index (χ2v) is 9.55. The predicted molar refractivity (Wildman–Crippen MR) is 133 cm³/mol. The zero-order chi connectivity index (χ0) is 24.3. The molecular weight excluding hydrogens is 512 g/mol. The predicted octanol–water partition coefficient (Wildman–Crippen LogP) is 4.25. The summed E-state index contributed by atoms with van der Waals surface area (Å²) in [6.07, 6.45) is 1.49. The monoisotopic (exact) mass is 534 g/mol. The summed E-state index contributed by atoms with van der Waals surface area (Å²) in [4.78, 5) is 29.1. The number of carbonyl (C=O) groups excluding carboxylic acids is 1. The van der Waals surface area contributed by atoms with Gasteiger partial charge in [0, 0.05) is 9.89 Å². The Morgan fingerprint density at radius 1 is 1.27 bits per heavy atom. The third-order valence-electron chi connectivity index (χ3n) is 4.49. The third-order valence-corrected chi connectivity index (χ3v) is 5.27. The van der Waals surface area contributed by atoms with E-state index in [0.717, 1.165) is 4.47 Å². The zero-order valence-electron chi connectivity index (χ0n) is 18.7. The van der Waals surface area contributed by atoms with E-state index < -0.39 is 11.3 Å². The molecule has 1 amide bonds. The second-order valence-electron chi connectivity index (χ2n) is 8.23. The van der Waals surface area contributed by atoms with Crippen molar-refractivity contribution in [3.05, 3.63) is 61.6 Å². The number of ether oxygens (including phenoxy) is 2. The Bertz CT molecular complexity index is 1300. The van der Waals surface area contributed by atoms with Crippen molar-refractivity contribution >= 4 is 50.6 Å². The highest BCUT2D eigenvalue weighted by molar-refractivity contribution is 9.10. The Labute approximate surface area is 204 Å². The molecule has 0 bridgehead atoms. The lowest BCUT2D eigenvalue weighted by atomic mass is 9.95. The maximum Gasteiger partial charge on any atom is 0.282 e. The van der Waals surface area contributed by atoms with E-state index in [4.69, 9.17) is 31.8 Å². The Hall–Kier alpha value is -2.91. The van der Waals surface area contributed by atoms with Gasteiger partial charge in [0.2, 0.25) is 0 Å². The molecule has 0 atom stereocenters. The number of aromatic nitrogens is 2. The smallest absolute Gasteiger partial charge is 0.282 e. The van der Waals surface area contributed by atoms with Crippen molar-refractivity contribution in [1.29, 1.82) is 0 Å². The van der Waals surface area contributed by atoms with Crippen LogP contribution in [0.1, 0.15) is 39.1 Å². The fourth-order valence-corrected chi connectivity index (χ4v) is 3.71. The van der Waals surface area contributed by atoms with Gasteiger partial charge in [-0.25, -0.2) is 4.98 Å². The second kappa shape index (κ2) is 9.93. The molecule has 1 heterocycles. The van der Waals surface area contributed by atoms with Crippen LogP contribution >= 0.6 is 27.5 Å². The molecule has 8 nitrogen and oxygen atoms in total. The van der Waals surface area contributed by atoms with Crippen LogP contribution in [0.25, 0.3) is 10.9 Å². The average molecular weight is 536 g/mol. The molecule has 174 valence electrons. The first-order chi connectivity index (χ1) is 15.5. The van der Waals surface area contributed by atoms with E-state index in [1.165, 1.54) is 10.9 Å². The number of rotatable bonds is 7. The number of hydrogen-bond acceptors (Lipinski definition) is 6. The molecular formula is C23H24BrClN4O4. The molecule has 33 heavy (non-hydrogen) atoms. The molecule has 0 aliphatic rings. The summed E-state index contributed by atoms with van der Waals surface area (Å²) in [5.41, 5.74) is 5.58. The first kappa shape index (κ1) is 24.7. The van der Waals surface area contributed by atoms with Crippen LogP contribution in [-0.2, 0) is 10.2 Å². The molecule has 1 aromatic heterocycles. The van der Waals surface area contributed by atoms with E-state index in [1.807, 2.05) is 26.8 Å². The molecule has 0 spiro atoms. The molecule has 0 saturated carbocycles. The van der Waals surface area contributed by atoms with Gasteiger partial charge in [-0.1, -0.05) is 48.3 Å². The lowest BCUT2D eigenvalue weighted by molar-refractivity contribution is -0.119. The van der Waals surface area contributed by atoms with Crippen molar-refractivity contribution in [2.45, 2.75) is 33.1 Å². The van der Waals surface area contributed by atoms with Crippen LogP contribution < -0.4 is 20.8 Å². The van der Waals surface area contributed by atoms with E-state index in [2.05, 4.69) is 21.0 Å². The molecule has 2 aromatic carbocycles. The summed E-state index contributed by atoms with van der Waals surface area (Å²) < 4.78 is 13.1. The Kier molecular flexibility index (Phi) is 7.44. The number of benzene rings is 2. The number of fused-ring (bicyclic) bond motifs is 1. The summed E-state index contributed by atoms with van der Waals surface area (Å²) in [7, 11) is 0. The van der Waals surface area contributed by atoms with E-state index in [1.54, 1.807) is 31.2 Å². The van der Waals surface area contributed by atoms with E-state index in [9.17, 15) is 9.59 Å². The van der Waals surface area contributed by atoms with Crippen molar-refractivity contribution in [2.75, 3.05) is 13.2 Å². The van der Waals surface area contributed by atoms with E-state index in [0.29, 0.717) is 34.6 Å².